The Morgan fingerprint density at radius 1 is 0.767 bits per heavy atom. The highest BCUT2D eigenvalue weighted by molar-refractivity contribution is 7.47. The predicted molar refractivity (Wildman–Crippen MR) is 169 cm³/mol. The molecule has 0 aliphatic heterocycles. The lowest BCUT2D eigenvalue weighted by Crippen LogP contribution is -2.29. The number of esters is 2. The number of carbonyl (C=O) groups is 3. The van der Waals surface area contributed by atoms with Crippen molar-refractivity contribution in [1.29, 1.82) is 0 Å². The lowest BCUT2D eigenvalue weighted by molar-refractivity contribution is -0.490. The molecule has 0 aliphatic rings. The highest BCUT2D eigenvalue weighted by Crippen LogP contribution is 2.43. The summed E-state index contributed by atoms with van der Waals surface area (Å²) < 4.78 is 34.4. The highest BCUT2D eigenvalue weighted by Gasteiger charge is 2.26. The summed E-state index contributed by atoms with van der Waals surface area (Å²) in [4.78, 5) is 45.0. The molecule has 0 amide bonds. The van der Waals surface area contributed by atoms with Crippen molar-refractivity contribution in [3.05, 3.63) is 0 Å². The topological polar surface area (TPSA) is 128 Å². The Bertz CT molecular complexity index is 778. The first-order chi connectivity index (χ1) is 20.7. The van der Waals surface area contributed by atoms with Crippen LogP contribution in [0.3, 0.4) is 0 Å². The summed E-state index contributed by atoms with van der Waals surface area (Å²) in [6.45, 7) is 5.41. The molecule has 0 heterocycles. The van der Waals surface area contributed by atoms with Crippen molar-refractivity contribution in [1.82, 2.24) is 0 Å². The number of ether oxygens (including phenoxy) is 2. The molecule has 0 spiro atoms. The first-order valence-electron chi connectivity index (χ1n) is 16.6. The molecule has 0 fully saturated rings. The van der Waals surface area contributed by atoms with Gasteiger partial charge in [0.25, 0.3) is 0 Å². The number of phosphoric ester groups is 1. The molecular formula is C32H61NO9P+. The molecule has 0 radical (unpaired) electrons. The van der Waals surface area contributed by atoms with Gasteiger partial charge in [0.2, 0.25) is 0 Å². The van der Waals surface area contributed by atoms with Crippen LogP contribution < -0.4 is 0 Å². The van der Waals surface area contributed by atoms with Crippen LogP contribution in [-0.2, 0) is 37.5 Å². The van der Waals surface area contributed by atoms with E-state index in [9.17, 15) is 23.8 Å². The van der Waals surface area contributed by atoms with Gasteiger partial charge in [-0.3, -0.25) is 18.6 Å². The summed E-state index contributed by atoms with van der Waals surface area (Å²) >= 11 is 0. The van der Waals surface area contributed by atoms with E-state index >= 15 is 0 Å². The Morgan fingerprint density at radius 3 is 1.77 bits per heavy atom. The second kappa shape index (κ2) is 29.1. The molecule has 43 heavy (non-hydrogen) atoms. The predicted octanol–water partition coefficient (Wildman–Crippen LogP) is 7.33. The molecule has 1 N–H and O–H groups in total. The van der Waals surface area contributed by atoms with Crippen LogP contribution in [0.1, 0.15) is 142 Å². The molecular weight excluding hydrogens is 573 g/mol. The molecule has 0 aliphatic carbocycles. The minimum atomic E-state index is -4.39. The van der Waals surface area contributed by atoms with Gasteiger partial charge in [0, 0.05) is 19.3 Å². The molecule has 0 saturated carbocycles. The van der Waals surface area contributed by atoms with Crippen molar-refractivity contribution >= 4 is 32.8 Å². The molecule has 0 aromatic heterocycles. The Balaban J connectivity index is 4.34. The molecule has 0 aromatic rings. The van der Waals surface area contributed by atoms with Crippen molar-refractivity contribution in [2.24, 2.45) is 0 Å². The minimum absolute atomic E-state index is 0.0702. The maximum atomic E-state index is 12.4. The molecule has 0 bridgehead atoms. The van der Waals surface area contributed by atoms with Gasteiger partial charge in [-0.05, 0) is 19.3 Å². The van der Waals surface area contributed by atoms with Crippen LogP contribution in [0, 0.1) is 0 Å². The second-order valence-electron chi connectivity index (χ2n) is 11.4. The van der Waals surface area contributed by atoms with E-state index in [4.69, 9.17) is 18.5 Å². The van der Waals surface area contributed by atoms with Gasteiger partial charge in [0.1, 0.15) is 33.3 Å². The quantitative estimate of drug-likeness (QED) is 0.0202. The molecule has 2 atom stereocenters. The van der Waals surface area contributed by atoms with Crippen LogP contribution in [0.2, 0.25) is 0 Å². The number of unbranched alkanes of at least 4 members (excludes halogenated alkanes) is 17. The minimum Gasteiger partial charge on any atom is -0.462 e. The third-order valence-corrected chi connectivity index (χ3v) is 8.05. The van der Waals surface area contributed by atoms with E-state index < -0.39 is 32.5 Å². The summed E-state index contributed by atoms with van der Waals surface area (Å²) in [5.74, 6) is -0.900. The Hall–Kier alpha value is -1.61. The maximum Gasteiger partial charge on any atom is 0.472 e. The lowest BCUT2D eigenvalue weighted by atomic mass is 10.0. The number of phosphoric acid groups is 1. The van der Waals surface area contributed by atoms with Gasteiger partial charge in [0.15, 0.2) is 12.6 Å². The van der Waals surface area contributed by atoms with Gasteiger partial charge in [0.05, 0.1) is 6.61 Å². The fraction of sp³-hybridized carbons (Fsp3) is 0.875. The molecule has 0 aromatic carbocycles. The van der Waals surface area contributed by atoms with E-state index in [2.05, 4.69) is 13.6 Å². The van der Waals surface area contributed by atoms with Gasteiger partial charge >= 0.3 is 19.8 Å². The standard InChI is InChI=1S/C32H60NO9P/c1-4-5-6-7-8-9-10-11-12-13-14-17-20-23-31(35)39-28-30(29-41-43(37,38)40-27-25-33(2)3)42-32(36)24-21-18-15-16-19-22-26-34/h26,30H,2,4-25,27-29H2,1,3H3/p+1/t30-/m1/s1. The average molecular weight is 635 g/mol. The van der Waals surface area contributed by atoms with E-state index in [0.717, 1.165) is 51.2 Å². The number of carbonyl (C=O) groups excluding carboxylic acids is 3. The molecule has 10 nitrogen and oxygen atoms in total. The monoisotopic (exact) mass is 634 g/mol. The first-order valence-corrected chi connectivity index (χ1v) is 18.1. The van der Waals surface area contributed by atoms with Crippen LogP contribution in [0.25, 0.3) is 0 Å². The fourth-order valence-electron chi connectivity index (χ4n) is 4.46. The van der Waals surface area contributed by atoms with Crippen molar-refractivity contribution < 1.29 is 46.9 Å². The van der Waals surface area contributed by atoms with Crippen LogP contribution >= 0.6 is 7.82 Å². The third-order valence-electron chi connectivity index (χ3n) is 7.07. The zero-order valence-corrected chi connectivity index (χ0v) is 28.0. The van der Waals surface area contributed by atoms with Gasteiger partial charge in [-0.2, -0.15) is 0 Å². The van der Waals surface area contributed by atoms with E-state index in [1.165, 1.54) is 64.2 Å². The van der Waals surface area contributed by atoms with Gasteiger partial charge in [-0.1, -0.05) is 103 Å². The van der Waals surface area contributed by atoms with Crippen molar-refractivity contribution in [3.8, 4) is 0 Å². The molecule has 11 heteroatoms. The van der Waals surface area contributed by atoms with E-state index in [0.29, 0.717) is 19.4 Å². The van der Waals surface area contributed by atoms with Crippen LogP contribution in [0.4, 0.5) is 0 Å². The van der Waals surface area contributed by atoms with Gasteiger partial charge in [-0.15, -0.1) is 0 Å². The van der Waals surface area contributed by atoms with E-state index in [1.807, 2.05) is 0 Å². The van der Waals surface area contributed by atoms with Gasteiger partial charge in [-0.25, -0.2) is 9.14 Å². The second-order valence-corrected chi connectivity index (χ2v) is 12.9. The summed E-state index contributed by atoms with van der Waals surface area (Å²) in [5.41, 5.74) is 0. The molecule has 252 valence electrons. The number of hydrogen-bond donors (Lipinski definition) is 1. The first kappa shape index (κ1) is 41.4. The van der Waals surface area contributed by atoms with Crippen LogP contribution in [0.5, 0.6) is 0 Å². The Labute approximate surface area is 260 Å². The Kier molecular flexibility index (Phi) is 28.0. The largest absolute Gasteiger partial charge is 0.472 e. The molecule has 0 saturated heterocycles. The normalized spacial score (nSPS) is 13.3. The van der Waals surface area contributed by atoms with Gasteiger partial charge < -0.3 is 19.2 Å². The highest BCUT2D eigenvalue weighted by atomic mass is 31.2. The smallest absolute Gasteiger partial charge is 0.462 e. The zero-order chi connectivity index (χ0) is 32.0. The van der Waals surface area contributed by atoms with E-state index in [1.54, 1.807) is 11.6 Å². The number of likely N-dealkylation sites (N-methyl/N-ethyl adjacent to an activating group) is 1. The average Bonchev–Trinajstić information content (AvgIpc) is 2.96. The maximum absolute atomic E-state index is 12.4. The fourth-order valence-corrected chi connectivity index (χ4v) is 5.20. The zero-order valence-electron chi connectivity index (χ0n) is 27.1. The van der Waals surface area contributed by atoms with Crippen molar-refractivity contribution in [3.63, 3.8) is 0 Å². The third kappa shape index (κ3) is 30.2. The summed E-state index contributed by atoms with van der Waals surface area (Å²) in [5, 5.41) is 0. The lowest BCUT2D eigenvalue weighted by Gasteiger charge is -2.19. The van der Waals surface area contributed by atoms with Crippen molar-refractivity contribution in [2.75, 3.05) is 33.4 Å². The number of rotatable bonds is 32. The Morgan fingerprint density at radius 2 is 1.26 bits per heavy atom. The molecule has 0 rings (SSSR count). The summed E-state index contributed by atoms with van der Waals surface area (Å²) in [6, 6.07) is 0. The number of aldehydes is 1. The number of nitrogens with zero attached hydrogens (tertiary/aromatic N) is 1. The van der Waals surface area contributed by atoms with Crippen LogP contribution in [0.15, 0.2) is 0 Å². The SMILES string of the molecule is C=[N+](C)CCOP(=O)(O)OC[C@@H](COC(=O)CCCCCCCCCCCCCCC)OC(=O)CCCCCCCC=O. The van der Waals surface area contributed by atoms with Crippen molar-refractivity contribution in [2.45, 2.75) is 148 Å². The summed E-state index contributed by atoms with van der Waals surface area (Å²) in [6.07, 6.45) is 20.8. The summed E-state index contributed by atoms with van der Waals surface area (Å²) in [7, 11) is -2.69. The number of hydrogen-bond acceptors (Lipinski definition) is 8. The molecule has 1 unspecified atom stereocenters. The van der Waals surface area contributed by atoms with E-state index in [-0.39, 0.29) is 26.1 Å². The van der Waals surface area contributed by atoms with Crippen LogP contribution in [-0.4, -0.2) is 73.9 Å².